The van der Waals surface area contributed by atoms with Gasteiger partial charge >= 0.3 is 11.9 Å². The Morgan fingerprint density at radius 1 is 1.23 bits per heavy atom. The largest absolute Gasteiger partial charge is 0.457 e. The Balaban J connectivity index is 2.87. The molecule has 1 aromatic carbocycles. The fourth-order valence-corrected chi connectivity index (χ4v) is 1.46. The molecular formula is C18H18O4. The average Bonchev–Trinajstić information content (AvgIpc) is 2.51. The summed E-state index contributed by atoms with van der Waals surface area (Å²) in [6.45, 7) is 12.3. The minimum atomic E-state index is -0.599. The maximum Gasteiger partial charge on any atom is 0.342 e. The van der Waals surface area contributed by atoms with E-state index in [1.807, 2.05) is 0 Å². The molecule has 0 aliphatic rings. The molecule has 4 heteroatoms. The molecule has 0 aliphatic heterocycles. The summed E-state index contributed by atoms with van der Waals surface area (Å²) in [5.41, 5.74) is 1.12. The predicted octanol–water partition coefficient (Wildman–Crippen LogP) is 3.62. The third kappa shape index (κ3) is 4.90. The summed E-state index contributed by atoms with van der Waals surface area (Å²) in [4.78, 5) is 23.7. The summed E-state index contributed by atoms with van der Waals surface area (Å²) >= 11 is 0. The smallest absolute Gasteiger partial charge is 0.342 e. The number of allylic oxidation sites excluding steroid dienone is 2. The molecular weight excluding hydrogens is 280 g/mol. The van der Waals surface area contributed by atoms with Crippen molar-refractivity contribution in [3.63, 3.8) is 0 Å². The Labute approximate surface area is 130 Å². The molecule has 0 aliphatic carbocycles. The molecule has 0 unspecified atom stereocenters. The van der Waals surface area contributed by atoms with Crippen molar-refractivity contribution in [3.8, 4) is 5.75 Å². The highest BCUT2D eigenvalue weighted by Crippen LogP contribution is 2.20. The molecule has 0 saturated heterocycles. The van der Waals surface area contributed by atoms with E-state index in [2.05, 4.69) is 19.7 Å². The number of para-hydroxylation sites is 1. The van der Waals surface area contributed by atoms with E-state index in [4.69, 9.17) is 9.47 Å². The lowest BCUT2D eigenvalue weighted by atomic mass is 10.2. The van der Waals surface area contributed by atoms with Crippen molar-refractivity contribution < 1.29 is 19.1 Å². The normalized spacial score (nSPS) is 10.5. The van der Waals surface area contributed by atoms with E-state index in [0.717, 1.165) is 0 Å². The standard InChI is InChI=1S/C18H18O4/c1-5-9-14(6-2)12-21-18(20)15-10-7-8-11-16(15)22-17(19)13(3)4/h5-11H,1-3,12H2,4H3/b14-9+. The quantitative estimate of drug-likeness (QED) is 0.334. The minimum absolute atomic E-state index is 0.0527. The van der Waals surface area contributed by atoms with Crippen molar-refractivity contribution in [3.05, 3.63) is 78.9 Å². The molecule has 0 amide bonds. The van der Waals surface area contributed by atoms with Crippen LogP contribution in [-0.2, 0) is 9.53 Å². The molecule has 0 spiro atoms. The molecule has 0 heterocycles. The molecule has 0 saturated carbocycles. The van der Waals surface area contributed by atoms with Crippen LogP contribution in [0.5, 0.6) is 5.75 Å². The van der Waals surface area contributed by atoms with Crippen molar-refractivity contribution in [2.75, 3.05) is 6.61 Å². The highest BCUT2D eigenvalue weighted by atomic mass is 16.5. The van der Waals surface area contributed by atoms with E-state index in [1.165, 1.54) is 19.1 Å². The minimum Gasteiger partial charge on any atom is -0.457 e. The van der Waals surface area contributed by atoms with Crippen LogP contribution in [0.4, 0.5) is 0 Å². The van der Waals surface area contributed by atoms with Gasteiger partial charge in [0.25, 0.3) is 0 Å². The van der Waals surface area contributed by atoms with Crippen LogP contribution in [0.2, 0.25) is 0 Å². The third-order valence-corrected chi connectivity index (χ3v) is 2.62. The molecule has 114 valence electrons. The zero-order valence-electron chi connectivity index (χ0n) is 12.5. The van der Waals surface area contributed by atoms with Gasteiger partial charge in [-0.2, -0.15) is 0 Å². The second-order valence-electron chi connectivity index (χ2n) is 4.42. The number of carbonyl (C=O) groups excluding carboxylic acids is 2. The SMILES string of the molecule is C=C/C=C(\C=C)COC(=O)c1ccccc1OC(=O)C(=C)C. The van der Waals surface area contributed by atoms with Gasteiger partial charge in [0.2, 0.25) is 0 Å². The van der Waals surface area contributed by atoms with Gasteiger partial charge < -0.3 is 9.47 Å². The van der Waals surface area contributed by atoms with Crippen LogP contribution in [0, 0.1) is 0 Å². The second kappa shape index (κ2) is 8.42. The van der Waals surface area contributed by atoms with Gasteiger partial charge in [-0.25, -0.2) is 9.59 Å². The zero-order valence-corrected chi connectivity index (χ0v) is 12.5. The van der Waals surface area contributed by atoms with Crippen LogP contribution in [0.3, 0.4) is 0 Å². The summed E-state index contributed by atoms with van der Waals surface area (Å²) in [6.07, 6.45) is 4.84. The number of rotatable bonds is 7. The van der Waals surface area contributed by atoms with Gasteiger partial charge in [-0.3, -0.25) is 0 Å². The number of esters is 2. The molecule has 0 radical (unpaired) electrons. The maximum atomic E-state index is 12.1. The fourth-order valence-electron chi connectivity index (χ4n) is 1.46. The summed E-state index contributed by atoms with van der Waals surface area (Å²) in [5.74, 6) is -1.06. The Morgan fingerprint density at radius 2 is 1.91 bits per heavy atom. The van der Waals surface area contributed by atoms with Crippen LogP contribution in [-0.4, -0.2) is 18.5 Å². The van der Waals surface area contributed by atoms with Gasteiger partial charge in [-0.15, -0.1) is 0 Å². The highest BCUT2D eigenvalue weighted by molar-refractivity contribution is 5.95. The molecule has 1 aromatic rings. The zero-order chi connectivity index (χ0) is 16.5. The summed E-state index contributed by atoms with van der Waals surface area (Å²) < 4.78 is 10.3. The van der Waals surface area contributed by atoms with E-state index in [-0.39, 0.29) is 23.5 Å². The highest BCUT2D eigenvalue weighted by Gasteiger charge is 2.16. The first-order chi connectivity index (χ1) is 10.5. The van der Waals surface area contributed by atoms with Crippen molar-refractivity contribution in [1.82, 2.24) is 0 Å². The lowest BCUT2D eigenvalue weighted by molar-refractivity contribution is -0.130. The molecule has 0 fully saturated rings. The van der Waals surface area contributed by atoms with Gasteiger partial charge in [0.05, 0.1) is 0 Å². The summed E-state index contributed by atoms with van der Waals surface area (Å²) in [5, 5.41) is 0. The van der Waals surface area contributed by atoms with Crippen LogP contribution in [0.15, 0.2) is 73.4 Å². The van der Waals surface area contributed by atoms with Gasteiger partial charge in [0.15, 0.2) is 0 Å². The maximum absolute atomic E-state index is 12.1. The fraction of sp³-hybridized carbons (Fsp3) is 0.111. The van der Waals surface area contributed by atoms with Crippen LogP contribution in [0.25, 0.3) is 0 Å². The number of hydrogen-bond acceptors (Lipinski definition) is 4. The van der Waals surface area contributed by atoms with Crippen molar-refractivity contribution >= 4 is 11.9 Å². The summed E-state index contributed by atoms with van der Waals surface area (Å²) in [7, 11) is 0. The Hall–Kier alpha value is -2.88. The van der Waals surface area contributed by atoms with Crippen LogP contribution < -0.4 is 4.74 Å². The monoisotopic (exact) mass is 298 g/mol. The van der Waals surface area contributed by atoms with E-state index < -0.39 is 11.9 Å². The molecule has 0 aromatic heterocycles. The first-order valence-corrected chi connectivity index (χ1v) is 6.57. The van der Waals surface area contributed by atoms with Gasteiger partial charge in [0, 0.05) is 5.57 Å². The Bertz CT molecular complexity index is 638. The molecule has 22 heavy (non-hydrogen) atoms. The van der Waals surface area contributed by atoms with E-state index in [9.17, 15) is 9.59 Å². The first-order valence-electron chi connectivity index (χ1n) is 6.57. The first kappa shape index (κ1) is 17.2. The average molecular weight is 298 g/mol. The van der Waals surface area contributed by atoms with Crippen LogP contribution >= 0.6 is 0 Å². The Morgan fingerprint density at radius 3 is 2.50 bits per heavy atom. The number of ether oxygens (including phenoxy) is 2. The van der Waals surface area contributed by atoms with Crippen molar-refractivity contribution in [1.29, 1.82) is 0 Å². The van der Waals surface area contributed by atoms with Crippen molar-refractivity contribution in [2.24, 2.45) is 0 Å². The topological polar surface area (TPSA) is 52.6 Å². The van der Waals surface area contributed by atoms with Gasteiger partial charge in [0.1, 0.15) is 17.9 Å². The third-order valence-electron chi connectivity index (χ3n) is 2.62. The van der Waals surface area contributed by atoms with Gasteiger partial charge in [-0.05, 0) is 24.6 Å². The second-order valence-corrected chi connectivity index (χ2v) is 4.42. The van der Waals surface area contributed by atoms with Crippen LogP contribution in [0.1, 0.15) is 17.3 Å². The number of carbonyl (C=O) groups is 2. The van der Waals surface area contributed by atoms with Crippen molar-refractivity contribution in [2.45, 2.75) is 6.92 Å². The van der Waals surface area contributed by atoms with Gasteiger partial charge in [-0.1, -0.05) is 50.1 Å². The van der Waals surface area contributed by atoms with E-state index in [0.29, 0.717) is 5.57 Å². The number of benzene rings is 1. The van der Waals surface area contributed by atoms with E-state index in [1.54, 1.807) is 30.4 Å². The number of hydrogen-bond donors (Lipinski definition) is 0. The molecule has 4 nitrogen and oxygen atoms in total. The summed E-state index contributed by atoms with van der Waals surface area (Å²) in [6, 6.07) is 6.35. The predicted molar refractivity (Wildman–Crippen MR) is 85.7 cm³/mol. The molecule has 0 atom stereocenters. The molecule has 0 N–H and O–H groups in total. The molecule has 1 rings (SSSR count). The lowest BCUT2D eigenvalue weighted by Gasteiger charge is -2.10. The molecule has 0 bridgehead atoms. The van der Waals surface area contributed by atoms with E-state index >= 15 is 0 Å². The Kier molecular flexibility index (Phi) is 6.57. The lowest BCUT2D eigenvalue weighted by Crippen LogP contribution is -2.13.